The fourth-order valence-corrected chi connectivity index (χ4v) is 5.97. The largest absolute Gasteiger partial charge is 0.416 e. The predicted octanol–water partition coefficient (Wildman–Crippen LogP) is 6.08. The Balaban J connectivity index is 1.33. The summed E-state index contributed by atoms with van der Waals surface area (Å²) in [5, 5.41) is 0.448. The minimum atomic E-state index is -4.42. The van der Waals surface area contributed by atoms with E-state index in [1.165, 1.54) is 36.0 Å². The van der Waals surface area contributed by atoms with E-state index in [0.717, 1.165) is 29.8 Å². The lowest BCUT2D eigenvalue weighted by atomic mass is 10.1. The van der Waals surface area contributed by atoms with Crippen LogP contribution in [-0.2, 0) is 42.7 Å². The molecule has 0 unspecified atom stereocenters. The van der Waals surface area contributed by atoms with Gasteiger partial charge >= 0.3 is 6.18 Å². The molecule has 0 aliphatic heterocycles. The Morgan fingerprint density at radius 3 is 2.35 bits per heavy atom. The molecule has 0 saturated heterocycles. The molecular formula is C31H29F4N5O2S. The molecule has 12 heteroatoms. The van der Waals surface area contributed by atoms with Gasteiger partial charge in [-0.2, -0.15) is 18.2 Å². The Morgan fingerprint density at radius 2 is 1.70 bits per heavy atom. The highest BCUT2D eigenvalue weighted by Crippen LogP contribution is 2.30. The zero-order chi connectivity index (χ0) is 30.6. The van der Waals surface area contributed by atoms with Crippen molar-refractivity contribution in [1.29, 1.82) is 0 Å². The normalized spacial score (nSPS) is 12.8. The average molecular weight is 612 g/mol. The third-order valence-electron chi connectivity index (χ3n) is 7.17. The van der Waals surface area contributed by atoms with Crippen LogP contribution in [0.15, 0.2) is 70.9 Å². The fourth-order valence-electron chi connectivity index (χ4n) is 5.00. The topological polar surface area (TPSA) is 81.0 Å². The zero-order valence-electron chi connectivity index (χ0n) is 23.4. The summed E-state index contributed by atoms with van der Waals surface area (Å²) in [7, 11) is 0. The molecule has 2 heterocycles. The summed E-state index contributed by atoms with van der Waals surface area (Å²) < 4.78 is 53.9. The van der Waals surface area contributed by atoms with Gasteiger partial charge in [0.2, 0.25) is 5.91 Å². The molecular weight excluding hydrogens is 582 g/mol. The van der Waals surface area contributed by atoms with Crippen molar-refractivity contribution in [3.8, 4) is 11.4 Å². The number of hydrogen-bond donors (Lipinski definition) is 0. The van der Waals surface area contributed by atoms with Crippen LogP contribution >= 0.6 is 11.8 Å². The van der Waals surface area contributed by atoms with Crippen molar-refractivity contribution in [2.75, 3.05) is 6.54 Å². The maximum Gasteiger partial charge on any atom is 0.416 e. The van der Waals surface area contributed by atoms with Gasteiger partial charge in [-0.3, -0.25) is 9.59 Å². The quantitative estimate of drug-likeness (QED) is 0.123. The molecule has 7 nitrogen and oxygen atoms in total. The van der Waals surface area contributed by atoms with Gasteiger partial charge in [-0.15, -0.1) is 0 Å². The van der Waals surface area contributed by atoms with Gasteiger partial charge in [-0.25, -0.2) is 14.4 Å². The first-order valence-corrected chi connectivity index (χ1v) is 14.9. The first kappa shape index (κ1) is 30.4. The van der Waals surface area contributed by atoms with Crippen LogP contribution in [0.2, 0.25) is 0 Å². The molecule has 0 radical (unpaired) electrons. The van der Waals surface area contributed by atoms with E-state index in [4.69, 9.17) is 0 Å². The van der Waals surface area contributed by atoms with Gasteiger partial charge < -0.3 is 9.47 Å². The summed E-state index contributed by atoms with van der Waals surface area (Å²) in [4.78, 5) is 41.1. The lowest BCUT2D eigenvalue weighted by molar-refractivity contribution is -0.137. The van der Waals surface area contributed by atoms with Gasteiger partial charge in [0.05, 0.1) is 5.56 Å². The highest BCUT2D eigenvalue weighted by atomic mass is 32.2. The Hall–Kier alpha value is -4.06. The molecule has 0 atom stereocenters. The summed E-state index contributed by atoms with van der Waals surface area (Å²) >= 11 is 1.34. The maximum atomic E-state index is 13.7. The summed E-state index contributed by atoms with van der Waals surface area (Å²) in [6, 6.07) is 10.7. The molecule has 224 valence electrons. The number of amides is 1. The molecule has 0 N–H and O–H groups in total. The minimum absolute atomic E-state index is 0.00581. The molecule has 1 amide bonds. The second kappa shape index (κ2) is 13.1. The van der Waals surface area contributed by atoms with Gasteiger partial charge in [-0.05, 0) is 55.5 Å². The van der Waals surface area contributed by atoms with E-state index in [0.29, 0.717) is 53.4 Å². The standard InChI is InChI=1S/C31H29F4N5O2S/c1-2-14-39(17-21-15-36-28(37-16-21)22-8-10-23(11-9-22)31(33,34)35)27(41)18-40-26-5-3-4-25(26)29(42)38-30(40)43-19-20-6-12-24(32)13-7-20/h6-13,15-16H,2-5,14,17-19H2,1H3. The van der Waals surface area contributed by atoms with E-state index in [-0.39, 0.29) is 36.2 Å². The molecule has 2 aromatic heterocycles. The van der Waals surface area contributed by atoms with Gasteiger partial charge in [0, 0.05) is 53.6 Å². The second-order valence-corrected chi connectivity index (χ2v) is 11.2. The zero-order valence-corrected chi connectivity index (χ0v) is 24.2. The van der Waals surface area contributed by atoms with Crippen molar-refractivity contribution in [3.05, 3.63) is 105 Å². The predicted molar refractivity (Wildman–Crippen MR) is 155 cm³/mol. The number of aromatic nitrogens is 4. The molecule has 5 rings (SSSR count). The molecule has 0 fully saturated rings. The van der Waals surface area contributed by atoms with E-state index in [2.05, 4.69) is 15.0 Å². The summed E-state index contributed by atoms with van der Waals surface area (Å²) in [5.74, 6) is 0.254. The van der Waals surface area contributed by atoms with Gasteiger partial charge in [0.25, 0.3) is 5.56 Å². The first-order valence-electron chi connectivity index (χ1n) is 13.9. The highest BCUT2D eigenvalue weighted by molar-refractivity contribution is 7.98. The van der Waals surface area contributed by atoms with E-state index in [1.54, 1.807) is 29.4 Å². The van der Waals surface area contributed by atoms with E-state index < -0.39 is 11.7 Å². The van der Waals surface area contributed by atoms with Gasteiger partial charge in [0.15, 0.2) is 11.0 Å². The third-order valence-corrected chi connectivity index (χ3v) is 8.22. The van der Waals surface area contributed by atoms with Crippen LogP contribution in [0.3, 0.4) is 0 Å². The van der Waals surface area contributed by atoms with Crippen molar-refractivity contribution in [1.82, 2.24) is 24.4 Å². The molecule has 0 saturated carbocycles. The van der Waals surface area contributed by atoms with Crippen molar-refractivity contribution in [2.24, 2.45) is 0 Å². The van der Waals surface area contributed by atoms with Gasteiger partial charge in [-0.1, -0.05) is 43.0 Å². The molecule has 0 spiro atoms. The number of hydrogen-bond acceptors (Lipinski definition) is 6. The third kappa shape index (κ3) is 7.30. The van der Waals surface area contributed by atoms with Crippen molar-refractivity contribution in [3.63, 3.8) is 0 Å². The minimum Gasteiger partial charge on any atom is -0.337 e. The van der Waals surface area contributed by atoms with Crippen LogP contribution in [0.1, 0.15) is 47.7 Å². The monoisotopic (exact) mass is 611 g/mol. The second-order valence-electron chi connectivity index (χ2n) is 10.3. The van der Waals surface area contributed by atoms with E-state index in [9.17, 15) is 27.2 Å². The summed E-state index contributed by atoms with van der Waals surface area (Å²) in [5.41, 5.74) is 2.45. The van der Waals surface area contributed by atoms with Crippen LogP contribution < -0.4 is 5.56 Å². The van der Waals surface area contributed by atoms with Crippen LogP contribution in [0.25, 0.3) is 11.4 Å². The highest BCUT2D eigenvalue weighted by Gasteiger charge is 2.30. The summed E-state index contributed by atoms with van der Waals surface area (Å²) in [6.45, 7) is 2.69. The Labute approximate surface area is 250 Å². The molecule has 0 bridgehead atoms. The molecule has 1 aliphatic carbocycles. The average Bonchev–Trinajstić information content (AvgIpc) is 3.49. The molecule has 43 heavy (non-hydrogen) atoms. The number of rotatable bonds is 10. The van der Waals surface area contributed by atoms with Crippen LogP contribution in [0.4, 0.5) is 17.6 Å². The van der Waals surface area contributed by atoms with E-state index in [1.807, 2.05) is 11.5 Å². The summed E-state index contributed by atoms with van der Waals surface area (Å²) in [6.07, 6.45) is 1.54. The Bertz CT molecular complexity index is 1640. The number of thioether (sulfide) groups is 1. The van der Waals surface area contributed by atoms with Crippen molar-refractivity contribution < 1.29 is 22.4 Å². The first-order chi connectivity index (χ1) is 20.6. The SMILES string of the molecule is CCCN(Cc1cnc(-c2ccc(C(F)(F)F)cc2)nc1)C(=O)Cn1c(SCc2ccc(F)cc2)nc(=O)c2c1CCC2. The number of carbonyl (C=O) groups is 1. The lowest BCUT2D eigenvalue weighted by Crippen LogP contribution is -2.36. The Morgan fingerprint density at radius 1 is 1.00 bits per heavy atom. The smallest absolute Gasteiger partial charge is 0.337 e. The molecule has 4 aromatic rings. The van der Waals surface area contributed by atoms with Crippen LogP contribution in [0, 0.1) is 5.82 Å². The number of fused-ring (bicyclic) bond motifs is 1. The van der Waals surface area contributed by atoms with Gasteiger partial charge in [0.1, 0.15) is 12.4 Å². The molecule has 1 aliphatic rings. The number of halogens is 4. The Kier molecular flexibility index (Phi) is 9.24. The van der Waals surface area contributed by atoms with Crippen LogP contribution in [0.5, 0.6) is 0 Å². The van der Waals surface area contributed by atoms with E-state index >= 15 is 0 Å². The fraction of sp³-hybridized carbons (Fsp3) is 0.323. The number of alkyl halides is 3. The maximum absolute atomic E-state index is 13.7. The molecule has 2 aromatic carbocycles. The lowest BCUT2D eigenvalue weighted by Gasteiger charge is -2.24. The number of carbonyl (C=O) groups excluding carboxylic acids is 1. The number of benzene rings is 2. The van der Waals surface area contributed by atoms with Crippen molar-refractivity contribution >= 4 is 17.7 Å². The van der Waals surface area contributed by atoms with Crippen LogP contribution in [-0.4, -0.2) is 36.9 Å². The van der Waals surface area contributed by atoms with Crippen molar-refractivity contribution in [2.45, 2.75) is 62.8 Å². The number of nitrogens with zero attached hydrogens (tertiary/aromatic N) is 5.